The molecule has 1 aliphatic rings. The molecule has 7 heteroatoms. The molecule has 0 bridgehead atoms. The van der Waals surface area contributed by atoms with Gasteiger partial charge in [-0.2, -0.15) is 0 Å². The number of methoxy groups -OCH3 is 1. The van der Waals surface area contributed by atoms with E-state index in [0.717, 1.165) is 5.56 Å². The fourth-order valence-electron chi connectivity index (χ4n) is 2.23. The first kappa shape index (κ1) is 16.3. The standard InChI is InChI=1S/C16H17ClN2O3S/c1-21-14(20)3-2-8-23-16-19-18-15(22-16)12-7-6-11(9-13(12)17)10-4-5-10/h6-7,9-10H,2-5,8H2,1H3. The molecule has 0 atom stereocenters. The van der Waals surface area contributed by atoms with Gasteiger partial charge in [-0.15, -0.1) is 10.2 Å². The summed E-state index contributed by atoms with van der Waals surface area (Å²) in [4.78, 5) is 11.0. The highest BCUT2D eigenvalue weighted by atomic mass is 35.5. The first-order valence-corrected chi connectivity index (χ1v) is 8.86. The molecule has 1 heterocycles. The first-order chi connectivity index (χ1) is 11.2. The van der Waals surface area contributed by atoms with Gasteiger partial charge in [0.2, 0.25) is 5.89 Å². The summed E-state index contributed by atoms with van der Waals surface area (Å²) in [6.07, 6.45) is 3.57. The van der Waals surface area contributed by atoms with E-state index in [0.29, 0.717) is 40.6 Å². The van der Waals surface area contributed by atoms with Crippen molar-refractivity contribution in [2.24, 2.45) is 0 Å². The molecular formula is C16H17ClN2O3S. The highest BCUT2D eigenvalue weighted by molar-refractivity contribution is 7.99. The fraction of sp³-hybridized carbons (Fsp3) is 0.438. The van der Waals surface area contributed by atoms with Gasteiger partial charge in [0.05, 0.1) is 17.7 Å². The van der Waals surface area contributed by atoms with Crippen molar-refractivity contribution in [1.29, 1.82) is 0 Å². The van der Waals surface area contributed by atoms with Crippen molar-refractivity contribution in [3.63, 3.8) is 0 Å². The van der Waals surface area contributed by atoms with Crippen molar-refractivity contribution in [3.05, 3.63) is 28.8 Å². The number of carbonyl (C=O) groups excluding carboxylic acids is 1. The van der Waals surface area contributed by atoms with E-state index in [1.54, 1.807) is 0 Å². The van der Waals surface area contributed by atoms with Crippen molar-refractivity contribution in [1.82, 2.24) is 10.2 Å². The molecule has 0 amide bonds. The summed E-state index contributed by atoms with van der Waals surface area (Å²) >= 11 is 7.76. The summed E-state index contributed by atoms with van der Waals surface area (Å²) in [6, 6.07) is 6.00. The number of aromatic nitrogens is 2. The van der Waals surface area contributed by atoms with Gasteiger partial charge in [0.1, 0.15) is 0 Å². The Labute approximate surface area is 143 Å². The zero-order valence-corrected chi connectivity index (χ0v) is 14.3. The largest absolute Gasteiger partial charge is 0.469 e. The number of benzene rings is 1. The Hall–Kier alpha value is -1.53. The van der Waals surface area contributed by atoms with Crippen LogP contribution in [0, 0.1) is 0 Å². The summed E-state index contributed by atoms with van der Waals surface area (Å²) in [5, 5.41) is 9.18. The molecule has 1 saturated carbocycles. The molecule has 0 unspecified atom stereocenters. The van der Waals surface area contributed by atoms with Crippen LogP contribution in [0.5, 0.6) is 0 Å². The van der Waals surface area contributed by atoms with E-state index in [-0.39, 0.29) is 5.97 Å². The van der Waals surface area contributed by atoms with Crippen LogP contribution < -0.4 is 0 Å². The van der Waals surface area contributed by atoms with Crippen LogP contribution in [0.4, 0.5) is 0 Å². The van der Waals surface area contributed by atoms with Crippen molar-refractivity contribution < 1.29 is 13.9 Å². The molecule has 1 aromatic heterocycles. The van der Waals surface area contributed by atoms with Gasteiger partial charge in [0.25, 0.3) is 5.22 Å². The van der Waals surface area contributed by atoms with Gasteiger partial charge in [-0.05, 0) is 42.9 Å². The van der Waals surface area contributed by atoms with Crippen molar-refractivity contribution in [3.8, 4) is 11.5 Å². The van der Waals surface area contributed by atoms with E-state index in [9.17, 15) is 4.79 Å². The van der Waals surface area contributed by atoms with Gasteiger partial charge in [0, 0.05) is 12.2 Å². The molecule has 2 aromatic rings. The van der Waals surface area contributed by atoms with Crippen LogP contribution in [-0.2, 0) is 9.53 Å². The van der Waals surface area contributed by atoms with Gasteiger partial charge in [0.15, 0.2) is 0 Å². The summed E-state index contributed by atoms with van der Waals surface area (Å²) in [5.74, 6) is 1.59. The van der Waals surface area contributed by atoms with Gasteiger partial charge in [-0.25, -0.2) is 0 Å². The van der Waals surface area contributed by atoms with Crippen molar-refractivity contribution >= 4 is 29.3 Å². The maximum Gasteiger partial charge on any atom is 0.305 e. The molecule has 3 rings (SSSR count). The molecule has 122 valence electrons. The van der Waals surface area contributed by atoms with Gasteiger partial charge in [-0.1, -0.05) is 29.4 Å². The van der Waals surface area contributed by atoms with Crippen molar-refractivity contribution in [2.45, 2.75) is 36.8 Å². The third-order valence-electron chi connectivity index (χ3n) is 3.66. The predicted molar refractivity (Wildman–Crippen MR) is 88.7 cm³/mol. The van der Waals surface area contributed by atoms with Crippen LogP contribution in [0.15, 0.2) is 27.8 Å². The molecule has 0 aliphatic heterocycles. The van der Waals surface area contributed by atoms with Crippen LogP contribution >= 0.6 is 23.4 Å². The third-order valence-corrected chi connectivity index (χ3v) is 4.87. The summed E-state index contributed by atoms with van der Waals surface area (Å²) < 4.78 is 10.2. The summed E-state index contributed by atoms with van der Waals surface area (Å²) in [6.45, 7) is 0. The number of thioether (sulfide) groups is 1. The van der Waals surface area contributed by atoms with Crippen LogP contribution in [-0.4, -0.2) is 29.0 Å². The van der Waals surface area contributed by atoms with E-state index >= 15 is 0 Å². The Morgan fingerprint density at radius 1 is 1.43 bits per heavy atom. The molecule has 1 aromatic carbocycles. The van der Waals surface area contributed by atoms with E-state index in [2.05, 4.69) is 21.0 Å². The number of rotatable bonds is 7. The zero-order chi connectivity index (χ0) is 16.2. The van der Waals surface area contributed by atoms with E-state index < -0.39 is 0 Å². The predicted octanol–water partition coefficient (Wildman–Crippen LogP) is 4.31. The SMILES string of the molecule is COC(=O)CCCSc1nnc(-c2ccc(C3CC3)cc2Cl)o1. The Bertz CT molecular complexity index is 700. The molecule has 5 nitrogen and oxygen atoms in total. The molecule has 0 spiro atoms. The molecule has 0 radical (unpaired) electrons. The lowest BCUT2D eigenvalue weighted by molar-refractivity contribution is -0.140. The first-order valence-electron chi connectivity index (χ1n) is 7.50. The summed E-state index contributed by atoms with van der Waals surface area (Å²) in [5.41, 5.74) is 2.03. The minimum atomic E-state index is -0.209. The Balaban J connectivity index is 1.59. The molecule has 0 N–H and O–H groups in total. The van der Waals surface area contributed by atoms with Crippen molar-refractivity contribution in [2.75, 3.05) is 12.9 Å². The minimum Gasteiger partial charge on any atom is -0.469 e. The highest BCUT2D eigenvalue weighted by Crippen LogP contribution is 2.42. The molecule has 23 heavy (non-hydrogen) atoms. The van der Waals surface area contributed by atoms with Crippen LogP contribution in [0.25, 0.3) is 11.5 Å². The maximum atomic E-state index is 11.0. The second-order valence-corrected chi connectivity index (χ2v) is 6.87. The second-order valence-electron chi connectivity index (χ2n) is 5.41. The third kappa shape index (κ3) is 4.26. The lowest BCUT2D eigenvalue weighted by Gasteiger charge is -2.02. The minimum absolute atomic E-state index is 0.209. The second kappa shape index (κ2) is 7.36. The Kier molecular flexibility index (Phi) is 5.23. The Morgan fingerprint density at radius 3 is 2.96 bits per heavy atom. The number of carbonyl (C=O) groups is 1. The number of hydrogen-bond donors (Lipinski definition) is 0. The molecule has 1 aliphatic carbocycles. The van der Waals surface area contributed by atoms with E-state index in [4.69, 9.17) is 16.0 Å². The molecule has 0 saturated heterocycles. The lowest BCUT2D eigenvalue weighted by Crippen LogP contribution is -1.99. The van der Waals surface area contributed by atoms with Gasteiger partial charge >= 0.3 is 5.97 Å². The van der Waals surface area contributed by atoms with E-state index in [1.807, 2.05) is 12.1 Å². The quantitative estimate of drug-likeness (QED) is 0.420. The molecule has 1 fully saturated rings. The normalized spacial score (nSPS) is 14.0. The molecular weight excluding hydrogens is 336 g/mol. The number of nitrogens with zero attached hydrogens (tertiary/aromatic N) is 2. The van der Waals surface area contributed by atoms with Gasteiger partial charge in [-0.3, -0.25) is 4.79 Å². The lowest BCUT2D eigenvalue weighted by atomic mass is 10.1. The smallest absolute Gasteiger partial charge is 0.305 e. The topological polar surface area (TPSA) is 65.2 Å². The summed E-state index contributed by atoms with van der Waals surface area (Å²) in [7, 11) is 1.39. The number of esters is 1. The fourth-order valence-corrected chi connectivity index (χ4v) is 3.20. The van der Waals surface area contributed by atoms with Gasteiger partial charge < -0.3 is 9.15 Å². The van der Waals surface area contributed by atoms with Crippen LogP contribution in [0.2, 0.25) is 5.02 Å². The number of ether oxygens (including phenoxy) is 1. The van der Waals surface area contributed by atoms with E-state index in [1.165, 1.54) is 37.3 Å². The monoisotopic (exact) mass is 352 g/mol. The Morgan fingerprint density at radius 2 is 2.26 bits per heavy atom. The zero-order valence-electron chi connectivity index (χ0n) is 12.8. The highest BCUT2D eigenvalue weighted by Gasteiger charge is 2.24. The van der Waals surface area contributed by atoms with Crippen LogP contribution in [0.3, 0.4) is 0 Å². The van der Waals surface area contributed by atoms with Crippen LogP contribution in [0.1, 0.15) is 37.2 Å². The number of halogens is 1. The maximum absolute atomic E-state index is 11.0. The number of hydrogen-bond acceptors (Lipinski definition) is 6. The average molecular weight is 353 g/mol. The average Bonchev–Trinajstić information content (AvgIpc) is 3.30.